The van der Waals surface area contributed by atoms with Crippen molar-refractivity contribution in [3.63, 3.8) is 0 Å². The number of aromatic nitrogens is 4. The molecule has 0 unspecified atom stereocenters. The molecular weight excluding hydrogens is 286 g/mol. The zero-order valence-corrected chi connectivity index (χ0v) is 13.4. The van der Waals surface area contributed by atoms with Gasteiger partial charge in [0.2, 0.25) is 11.0 Å². The highest BCUT2D eigenvalue weighted by molar-refractivity contribution is 7.15. The van der Waals surface area contributed by atoms with Crippen LogP contribution in [0.4, 0.5) is 5.13 Å². The molecule has 3 heterocycles. The molecule has 21 heavy (non-hydrogen) atoms. The summed E-state index contributed by atoms with van der Waals surface area (Å²) in [5, 5.41) is 10.3. The van der Waals surface area contributed by atoms with Gasteiger partial charge < -0.3 is 9.64 Å². The van der Waals surface area contributed by atoms with E-state index in [2.05, 4.69) is 25.1 Å². The number of anilines is 1. The summed E-state index contributed by atoms with van der Waals surface area (Å²) in [5.41, 5.74) is 1.74. The second-order valence-electron chi connectivity index (χ2n) is 5.31. The molecule has 0 radical (unpaired) electrons. The molecule has 112 valence electrons. The van der Waals surface area contributed by atoms with Gasteiger partial charge >= 0.3 is 0 Å². The molecule has 2 aromatic rings. The van der Waals surface area contributed by atoms with Crippen molar-refractivity contribution >= 4 is 16.5 Å². The van der Waals surface area contributed by atoms with Crippen LogP contribution in [0.2, 0.25) is 0 Å². The first-order valence-electron chi connectivity index (χ1n) is 7.14. The van der Waals surface area contributed by atoms with E-state index in [4.69, 9.17) is 4.74 Å². The van der Waals surface area contributed by atoms with Gasteiger partial charge in [0, 0.05) is 32.1 Å². The highest BCUT2D eigenvalue weighted by Crippen LogP contribution is 2.25. The van der Waals surface area contributed by atoms with E-state index in [-0.39, 0.29) is 6.10 Å². The fraction of sp³-hybridized carbons (Fsp3) is 0.571. The number of hydrogen-bond acceptors (Lipinski definition) is 7. The minimum absolute atomic E-state index is 0.199. The van der Waals surface area contributed by atoms with E-state index in [9.17, 15) is 0 Å². The van der Waals surface area contributed by atoms with Gasteiger partial charge in [-0.1, -0.05) is 11.3 Å². The van der Waals surface area contributed by atoms with E-state index in [1.165, 1.54) is 0 Å². The third-order valence-corrected chi connectivity index (χ3v) is 4.44. The second-order valence-corrected chi connectivity index (χ2v) is 6.47. The lowest BCUT2D eigenvalue weighted by Gasteiger charge is -2.31. The molecule has 1 fully saturated rings. The molecule has 0 aliphatic carbocycles. The van der Waals surface area contributed by atoms with Crippen molar-refractivity contribution in [1.82, 2.24) is 20.2 Å². The predicted molar refractivity (Wildman–Crippen MR) is 82.0 cm³/mol. The van der Waals surface area contributed by atoms with E-state index in [0.29, 0.717) is 5.88 Å². The van der Waals surface area contributed by atoms with Gasteiger partial charge in [-0.2, -0.15) is 0 Å². The van der Waals surface area contributed by atoms with Crippen molar-refractivity contribution in [3.8, 4) is 5.88 Å². The lowest BCUT2D eigenvalue weighted by Crippen LogP contribution is -2.38. The standard InChI is InChI=1S/C14H19N5OS/c1-9-8-15-10(2)13(16-9)20-12-4-6-19(7-5-12)14-18-17-11(3)21-14/h8,12H,4-7H2,1-3H3. The van der Waals surface area contributed by atoms with Crippen LogP contribution in [0, 0.1) is 20.8 Å². The minimum Gasteiger partial charge on any atom is -0.473 e. The Kier molecular flexibility index (Phi) is 4.01. The molecule has 7 heteroatoms. The Hall–Kier alpha value is -1.76. The Morgan fingerprint density at radius 2 is 1.95 bits per heavy atom. The number of piperidine rings is 1. The zero-order valence-electron chi connectivity index (χ0n) is 12.5. The van der Waals surface area contributed by atoms with Crippen LogP contribution in [0.15, 0.2) is 6.20 Å². The lowest BCUT2D eigenvalue weighted by molar-refractivity contribution is 0.161. The van der Waals surface area contributed by atoms with Crippen molar-refractivity contribution in [2.45, 2.75) is 39.7 Å². The molecule has 6 nitrogen and oxygen atoms in total. The van der Waals surface area contributed by atoms with Crippen molar-refractivity contribution in [2.75, 3.05) is 18.0 Å². The summed E-state index contributed by atoms with van der Waals surface area (Å²) >= 11 is 1.64. The molecule has 0 amide bonds. The Morgan fingerprint density at radius 1 is 1.19 bits per heavy atom. The third kappa shape index (κ3) is 3.29. The van der Waals surface area contributed by atoms with E-state index in [0.717, 1.165) is 47.5 Å². The van der Waals surface area contributed by atoms with Gasteiger partial charge in [0.05, 0.1) is 11.4 Å². The Labute approximate surface area is 128 Å². The molecule has 0 bridgehead atoms. The van der Waals surface area contributed by atoms with Gasteiger partial charge in [-0.3, -0.25) is 4.98 Å². The van der Waals surface area contributed by atoms with E-state index < -0.39 is 0 Å². The summed E-state index contributed by atoms with van der Waals surface area (Å²) in [7, 11) is 0. The maximum absolute atomic E-state index is 6.02. The van der Waals surface area contributed by atoms with Crippen LogP contribution >= 0.6 is 11.3 Å². The van der Waals surface area contributed by atoms with Gasteiger partial charge in [0.1, 0.15) is 11.1 Å². The van der Waals surface area contributed by atoms with Crippen LogP contribution in [0.5, 0.6) is 5.88 Å². The van der Waals surface area contributed by atoms with Gasteiger partial charge in [-0.15, -0.1) is 10.2 Å². The van der Waals surface area contributed by atoms with Crippen LogP contribution in [-0.2, 0) is 0 Å². The summed E-state index contributed by atoms with van der Waals surface area (Å²) in [6, 6.07) is 0. The average molecular weight is 305 g/mol. The van der Waals surface area contributed by atoms with Crippen LogP contribution in [-0.4, -0.2) is 39.4 Å². The van der Waals surface area contributed by atoms with Crippen LogP contribution in [0.25, 0.3) is 0 Å². The molecule has 1 saturated heterocycles. The smallest absolute Gasteiger partial charge is 0.235 e. The largest absolute Gasteiger partial charge is 0.473 e. The quantitative estimate of drug-likeness (QED) is 0.867. The predicted octanol–water partition coefficient (Wildman–Crippen LogP) is 2.30. The van der Waals surface area contributed by atoms with Crippen molar-refractivity contribution in [2.24, 2.45) is 0 Å². The van der Waals surface area contributed by atoms with Crippen molar-refractivity contribution in [1.29, 1.82) is 0 Å². The van der Waals surface area contributed by atoms with Gasteiger partial charge in [0.25, 0.3) is 0 Å². The number of hydrogen-bond donors (Lipinski definition) is 0. The SMILES string of the molecule is Cc1cnc(C)c(OC2CCN(c3nnc(C)s3)CC2)n1. The summed E-state index contributed by atoms with van der Waals surface area (Å²) in [6.07, 6.45) is 3.90. The zero-order chi connectivity index (χ0) is 14.8. The summed E-state index contributed by atoms with van der Waals surface area (Å²) < 4.78 is 6.02. The maximum atomic E-state index is 6.02. The first-order valence-corrected chi connectivity index (χ1v) is 7.95. The van der Waals surface area contributed by atoms with E-state index in [1.54, 1.807) is 17.5 Å². The molecule has 0 spiro atoms. The molecule has 1 aliphatic rings. The summed E-state index contributed by atoms with van der Waals surface area (Å²) in [4.78, 5) is 11.0. The molecule has 3 rings (SSSR count). The minimum atomic E-state index is 0.199. The fourth-order valence-electron chi connectivity index (χ4n) is 2.36. The van der Waals surface area contributed by atoms with Crippen LogP contribution in [0.1, 0.15) is 29.2 Å². The summed E-state index contributed by atoms with van der Waals surface area (Å²) in [5.74, 6) is 0.667. The molecular formula is C14H19N5OS. The number of nitrogens with zero attached hydrogens (tertiary/aromatic N) is 5. The van der Waals surface area contributed by atoms with E-state index in [1.807, 2.05) is 20.8 Å². The average Bonchev–Trinajstić information content (AvgIpc) is 2.90. The Morgan fingerprint density at radius 3 is 2.62 bits per heavy atom. The number of aryl methyl sites for hydroxylation is 3. The third-order valence-electron chi connectivity index (χ3n) is 3.54. The maximum Gasteiger partial charge on any atom is 0.235 e. The summed E-state index contributed by atoms with van der Waals surface area (Å²) in [6.45, 7) is 7.73. The highest BCUT2D eigenvalue weighted by atomic mass is 32.1. The fourth-order valence-corrected chi connectivity index (χ4v) is 3.10. The number of rotatable bonds is 3. The monoisotopic (exact) mass is 305 g/mol. The van der Waals surface area contributed by atoms with Crippen LogP contribution in [0.3, 0.4) is 0 Å². The topological polar surface area (TPSA) is 64.0 Å². The van der Waals surface area contributed by atoms with Crippen molar-refractivity contribution in [3.05, 3.63) is 22.6 Å². The molecule has 2 aromatic heterocycles. The normalized spacial score (nSPS) is 16.2. The number of ether oxygens (including phenoxy) is 1. The van der Waals surface area contributed by atoms with Crippen LogP contribution < -0.4 is 9.64 Å². The molecule has 0 atom stereocenters. The molecule has 1 aliphatic heterocycles. The molecule has 0 saturated carbocycles. The first kappa shape index (κ1) is 14.2. The molecule has 0 N–H and O–H groups in total. The second kappa shape index (κ2) is 5.93. The van der Waals surface area contributed by atoms with Gasteiger partial charge in [0.15, 0.2) is 0 Å². The van der Waals surface area contributed by atoms with E-state index >= 15 is 0 Å². The van der Waals surface area contributed by atoms with Gasteiger partial charge in [-0.05, 0) is 20.8 Å². The Bertz CT molecular complexity index is 622. The lowest BCUT2D eigenvalue weighted by atomic mass is 10.1. The first-order chi connectivity index (χ1) is 10.1. The molecule has 0 aromatic carbocycles. The van der Waals surface area contributed by atoms with Gasteiger partial charge in [-0.25, -0.2) is 4.98 Å². The highest BCUT2D eigenvalue weighted by Gasteiger charge is 2.23. The van der Waals surface area contributed by atoms with Crippen molar-refractivity contribution < 1.29 is 4.74 Å². The Balaban J connectivity index is 1.60.